The molecule has 0 atom stereocenters. The summed E-state index contributed by atoms with van der Waals surface area (Å²) in [5.41, 5.74) is 0.812. The Kier molecular flexibility index (Phi) is 2.51. The van der Waals surface area contributed by atoms with Gasteiger partial charge in [0, 0.05) is 18.8 Å². The number of furan rings is 1. The summed E-state index contributed by atoms with van der Waals surface area (Å²) in [4.78, 5) is 15.5. The van der Waals surface area contributed by atoms with E-state index in [-0.39, 0.29) is 5.92 Å². The van der Waals surface area contributed by atoms with Crippen molar-refractivity contribution in [1.29, 1.82) is 0 Å². The Hall–Kier alpha value is -1.91. The summed E-state index contributed by atoms with van der Waals surface area (Å²) in [5.74, 6) is 1.73. The van der Waals surface area contributed by atoms with Crippen LogP contribution in [-0.4, -0.2) is 15.9 Å². The molecule has 1 aliphatic carbocycles. The van der Waals surface area contributed by atoms with Gasteiger partial charge >= 0.3 is 0 Å². The quantitative estimate of drug-likeness (QED) is 0.795. The minimum Gasteiger partial charge on any atom is -0.472 e. The van der Waals surface area contributed by atoms with Gasteiger partial charge in [0.15, 0.2) is 0 Å². The molecule has 0 bridgehead atoms. The van der Waals surface area contributed by atoms with E-state index < -0.39 is 0 Å². The van der Waals surface area contributed by atoms with Gasteiger partial charge in [-0.15, -0.1) is 0 Å². The molecule has 3 rings (SSSR count). The zero-order chi connectivity index (χ0) is 11.7. The second-order valence-electron chi connectivity index (χ2n) is 4.28. The molecule has 2 aromatic rings. The summed E-state index contributed by atoms with van der Waals surface area (Å²) in [6.45, 7) is 0. The van der Waals surface area contributed by atoms with Crippen molar-refractivity contribution < 1.29 is 13.7 Å². The van der Waals surface area contributed by atoms with E-state index >= 15 is 0 Å². The topological polar surface area (TPSA) is 69.1 Å². The van der Waals surface area contributed by atoms with Crippen molar-refractivity contribution in [2.75, 3.05) is 0 Å². The zero-order valence-corrected chi connectivity index (χ0v) is 9.26. The first-order valence-corrected chi connectivity index (χ1v) is 5.71. The summed E-state index contributed by atoms with van der Waals surface area (Å²) >= 11 is 0. The molecule has 0 spiro atoms. The van der Waals surface area contributed by atoms with Crippen molar-refractivity contribution in [3.05, 3.63) is 24.5 Å². The van der Waals surface area contributed by atoms with Gasteiger partial charge in [-0.2, -0.15) is 4.98 Å². The number of hydrogen-bond acceptors (Lipinski definition) is 5. The van der Waals surface area contributed by atoms with Crippen LogP contribution in [0, 0.1) is 0 Å². The Morgan fingerprint density at radius 1 is 1.29 bits per heavy atom. The molecule has 0 aliphatic heterocycles. The highest BCUT2D eigenvalue weighted by atomic mass is 16.5. The first-order valence-electron chi connectivity index (χ1n) is 5.71. The van der Waals surface area contributed by atoms with Crippen LogP contribution >= 0.6 is 0 Å². The minimum atomic E-state index is 0.223. The average molecular weight is 232 g/mol. The third kappa shape index (κ3) is 2.00. The minimum absolute atomic E-state index is 0.223. The number of ketones is 1. The molecule has 2 aromatic heterocycles. The zero-order valence-electron chi connectivity index (χ0n) is 9.26. The predicted molar refractivity (Wildman–Crippen MR) is 58.2 cm³/mol. The molecule has 0 radical (unpaired) electrons. The molecule has 1 fully saturated rings. The second-order valence-corrected chi connectivity index (χ2v) is 4.28. The van der Waals surface area contributed by atoms with Crippen LogP contribution in [0.3, 0.4) is 0 Å². The van der Waals surface area contributed by atoms with Gasteiger partial charge in [-0.25, -0.2) is 0 Å². The normalized spacial score (nSPS) is 17.5. The molecule has 0 saturated heterocycles. The number of hydrogen-bond donors (Lipinski definition) is 0. The fraction of sp³-hybridized carbons (Fsp3) is 0.417. The number of rotatable bonds is 2. The lowest BCUT2D eigenvalue weighted by molar-refractivity contribution is -0.120. The predicted octanol–water partition coefficient (Wildman–Crippen LogP) is 2.56. The third-order valence-corrected chi connectivity index (χ3v) is 3.11. The van der Waals surface area contributed by atoms with E-state index in [0.717, 1.165) is 18.4 Å². The van der Waals surface area contributed by atoms with Gasteiger partial charge in [0.2, 0.25) is 11.7 Å². The molecular weight excluding hydrogens is 220 g/mol. The van der Waals surface area contributed by atoms with Gasteiger partial charge in [0.1, 0.15) is 12.0 Å². The summed E-state index contributed by atoms with van der Waals surface area (Å²) in [5, 5.41) is 3.92. The molecule has 2 heterocycles. The molecule has 0 unspecified atom stereocenters. The van der Waals surface area contributed by atoms with Gasteiger partial charge in [-0.3, -0.25) is 4.79 Å². The smallest absolute Gasteiger partial charge is 0.230 e. The Balaban J connectivity index is 1.79. The number of Topliss-reactive ketones (excluding diaryl/α,β-unsaturated/α-hetero) is 1. The van der Waals surface area contributed by atoms with Gasteiger partial charge in [-0.1, -0.05) is 5.16 Å². The molecular formula is C12H12N2O3. The van der Waals surface area contributed by atoms with Crippen molar-refractivity contribution in [3.8, 4) is 11.4 Å². The van der Waals surface area contributed by atoms with E-state index in [9.17, 15) is 4.79 Å². The van der Waals surface area contributed by atoms with Crippen molar-refractivity contribution in [1.82, 2.24) is 10.1 Å². The van der Waals surface area contributed by atoms with E-state index in [2.05, 4.69) is 10.1 Å². The van der Waals surface area contributed by atoms with Crippen LogP contribution in [0.2, 0.25) is 0 Å². The fourth-order valence-electron chi connectivity index (χ4n) is 2.10. The number of carbonyl (C=O) groups is 1. The van der Waals surface area contributed by atoms with Crippen LogP contribution in [0.1, 0.15) is 37.5 Å². The maximum absolute atomic E-state index is 11.2. The lowest BCUT2D eigenvalue weighted by atomic mass is 9.88. The molecule has 5 nitrogen and oxygen atoms in total. The SMILES string of the molecule is O=C1CCC(c2nc(-c3ccoc3)no2)CC1. The summed E-state index contributed by atoms with van der Waals surface area (Å²) in [6, 6.07) is 1.79. The van der Waals surface area contributed by atoms with E-state index in [4.69, 9.17) is 8.94 Å². The fourth-order valence-corrected chi connectivity index (χ4v) is 2.10. The summed E-state index contributed by atoms with van der Waals surface area (Å²) < 4.78 is 10.2. The molecule has 0 amide bonds. The maximum atomic E-state index is 11.2. The van der Waals surface area contributed by atoms with Gasteiger partial charge in [-0.05, 0) is 18.9 Å². The monoisotopic (exact) mass is 232 g/mol. The first kappa shape index (κ1) is 10.3. The number of carbonyl (C=O) groups excluding carboxylic acids is 1. The van der Waals surface area contributed by atoms with Crippen molar-refractivity contribution in [2.24, 2.45) is 0 Å². The Labute approximate surface area is 97.8 Å². The lowest BCUT2D eigenvalue weighted by Crippen LogP contribution is -2.12. The van der Waals surface area contributed by atoms with Crippen LogP contribution in [0.25, 0.3) is 11.4 Å². The van der Waals surface area contributed by atoms with Crippen LogP contribution in [0.15, 0.2) is 27.5 Å². The molecule has 1 aliphatic rings. The molecule has 0 aromatic carbocycles. The van der Waals surface area contributed by atoms with Gasteiger partial charge in [0.25, 0.3) is 0 Å². The van der Waals surface area contributed by atoms with Crippen LogP contribution in [0.5, 0.6) is 0 Å². The molecule has 5 heteroatoms. The largest absolute Gasteiger partial charge is 0.472 e. The van der Waals surface area contributed by atoms with Crippen LogP contribution in [0.4, 0.5) is 0 Å². The van der Waals surface area contributed by atoms with E-state index in [0.29, 0.717) is 30.3 Å². The first-order chi connectivity index (χ1) is 8.33. The van der Waals surface area contributed by atoms with Crippen LogP contribution in [-0.2, 0) is 4.79 Å². The molecule has 17 heavy (non-hydrogen) atoms. The second kappa shape index (κ2) is 4.16. The van der Waals surface area contributed by atoms with Crippen LogP contribution < -0.4 is 0 Å². The highest BCUT2D eigenvalue weighted by molar-refractivity contribution is 5.79. The van der Waals surface area contributed by atoms with Gasteiger partial charge in [0.05, 0.1) is 11.8 Å². The molecule has 1 saturated carbocycles. The average Bonchev–Trinajstić information content (AvgIpc) is 3.00. The van der Waals surface area contributed by atoms with Crippen molar-refractivity contribution in [2.45, 2.75) is 31.6 Å². The Bertz CT molecular complexity index is 506. The lowest BCUT2D eigenvalue weighted by Gasteiger charge is -2.16. The Morgan fingerprint density at radius 3 is 2.82 bits per heavy atom. The standard InChI is InChI=1S/C12H12N2O3/c15-10-3-1-8(2-4-10)12-13-11(14-17-12)9-5-6-16-7-9/h5-8H,1-4H2. The van der Waals surface area contributed by atoms with Gasteiger partial charge < -0.3 is 8.94 Å². The maximum Gasteiger partial charge on any atom is 0.230 e. The van der Waals surface area contributed by atoms with Crippen molar-refractivity contribution >= 4 is 5.78 Å². The van der Waals surface area contributed by atoms with E-state index in [1.165, 1.54) is 0 Å². The summed E-state index contributed by atoms with van der Waals surface area (Å²) in [6.07, 6.45) is 6.02. The Morgan fingerprint density at radius 2 is 2.12 bits per heavy atom. The number of nitrogens with zero attached hydrogens (tertiary/aromatic N) is 2. The van der Waals surface area contributed by atoms with E-state index in [1.54, 1.807) is 18.6 Å². The summed E-state index contributed by atoms with van der Waals surface area (Å²) in [7, 11) is 0. The highest BCUT2D eigenvalue weighted by Crippen LogP contribution is 2.31. The third-order valence-electron chi connectivity index (χ3n) is 3.11. The molecule has 0 N–H and O–H groups in total. The van der Waals surface area contributed by atoms with E-state index in [1.807, 2.05) is 0 Å². The van der Waals surface area contributed by atoms with Crippen molar-refractivity contribution in [3.63, 3.8) is 0 Å². The number of aromatic nitrogens is 2. The molecule has 88 valence electrons. The highest BCUT2D eigenvalue weighted by Gasteiger charge is 2.25.